The van der Waals surface area contributed by atoms with Gasteiger partial charge in [-0.05, 0) is 48.9 Å². The molecule has 1 atom stereocenters. The fraction of sp³-hybridized carbons (Fsp3) is 0.136. The van der Waals surface area contributed by atoms with Crippen molar-refractivity contribution in [3.8, 4) is 5.75 Å². The highest BCUT2D eigenvalue weighted by Crippen LogP contribution is 2.30. The molecule has 0 saturated carbocycles. The van der Waals surface area contributed by atoms with Crippen LogP contribution in [-0.2, 0) is 10.0 Å². The minimum atomic E-state index is -3.87. The molecule has 0 unspecified atom stereocenters. The molecule has 2 N–H and O–H groups in total. The Hall–Kier alpha value is -2.58. The van der Waals surface area contributed by atoms with E-state index in [1.54, 1.807) is 6.92 Å². The molecule has 6 nitrogen and oxygen atoms in total. The average molecular weight is 479 g/mol. The van der Waals surface area contributed by atoms with E-state index in [-0.39, 0.29) is 21.2 Å². The van der Waals surface area contributed by atoms with Crippen molar-refractivity contribution >= 4 is 44.8 Å². The third-order valence-corrected chi connectivity index (χ3v) is 6.62. The second kappa shape index (κ2) is 9.70. The molecule has 0 aliphatic heterocycles. The second-order valence-corrected chi connectivity index (χ2v) is 9.25. The van der Waals surface area contributed by atoms with Gasteiger partial charge < -0.3 is 10.1 Å². The molecule has 31 heavy (non-hydrogen) atoms. The van der Waals surface area contributed by atoms with Crippen LogP contribution in [0.25, 0.3) is 0 Å². The Morgan fingerprint density at radius 2 is 1.71 bits per heavy atom. The number of amides is 1. The van der Waals surface area contributed by atoms with Gasteiger partial charge in [0, 0.05) is 11.1 Å². The summed E-state index contributed by atoms with van der Waals surface area (Å²) in [6, 6.07) is 17.4. The van der Waals surface area contributed by atoms with Gasteiger partial charge in [0.1, 0.15) is 5.75 Å². The van der Waals surface area contributed by atoms with Crippen molar-refractivity contribution in [1.29, 1.82) is 0 Å². The second-order valence-electron chi connectivity index (χ2n) is 6.69. The molecule has 3 rings (SSSR count). The Bertz CT molecular complexity index is 1200. The molecule has 3 aromatic carbocycles. The van der Waals surface area contributed by atoms with Crippen LogP contribution in [0.15, 0.2) is 71.6 Å². The van der Waals surface area contributed by atoms with Gasteiger partial charge in [-0.2, -0.15) is 0 Å². The first-order valence-electron chi connectivity index (χ1n) is 9.23. The highest BCUT2D eigenvalue weighted by atomic mass is 35.5. The van der Waals surface area contributed by atoms with E-state index in [1.807, 2.05) is 30.3 Å². The summed E-state index contributed by atoms with van der Waals surface area (Å²) < 4.78 is 33.7. The van der Waals surface area contributed by atoms with Gasteiger partial charge in [0.25, 0.3) is 5.91 Å². The smallest absolute Gasteiger partial charge is 0.257 e. The third kappa shape index (κ3) is 5.57. The number of anilines is 1. The quantitative estimate of drug-likeness (QED) is 0.482. The molecule has 0 aromatic heterocycles. The van der Waals surface area contributed by atoms with Gasteiger partial charge in [-0.15, -0.1) is 0 Å². The Kier molecular flexibility index (Phi) is 7.23. The van der Waals surface area contributed by atoms with E-state index in [0.717, 1.165) is 5.56 Å². The van der Waals surface area contributed by atoms with Gasteiger partial charge >= 0.3 is 0 Å². The first-order valence-corrected chi connectivity index (χ1v) is 11.5. The van der Waals surface area contributed by atoms with E-state index < -0.39 is 22.0 Å². The summed E-state index contributed by atoms with van der Waals surface area (Å²) in [5.41, 5.74) is 1.21. The number of carbonyl (C=O) groups excluding carboxylic acids is 1. The first-order chi connectivity index (χ1) is 14.7. The number of methoxy groups -OCH3 is 1. The summed E-state index contributed by atoms with van der Waals surface area (Å²) in [6.45, 7) is 1.75. The molecule has 0 aliphatic carbocycles. The molecule has 0 saturated heterocycles. The molecule has 0 aliphatic rings. The number of rotatable bonds is 7. The zero-order valence-corrected chi connectivity index (χ0v) is 19.1. The van der Waals surface area contributed by atoms with Gasteiger partial charge in [0.05, 0.1) is 28.3 Å². The minimum Gasteiger partial charge on any atom is -0.495 e. The molecule has 162 valence electrons. The Balaban J connectivity index is 1.88. The van der Waals surface area contributed by atoms with Crippen LogP contribution in [0.5, 0.6) is 5.75 Å². The Labute approximate surface area is 191 Å². The maximum atomic E-state index is 12.9. The van der Waals surface area contributed by atoms with Crippen molar-refractivity contribution in [2.75, 3.05) is 12.4 Å². The third-order valence-electron chi connectivity index (χ3n) is 4.54. The standard InChI is InChI=1S/C22H20Cl2N2O4S/c1-14(15-6-4-3-5-7-15)26-31(28,29)17-9-11-21(30-2)20(13-17)25-22(27)18-10-8-16(23)12-19(18)24/h3-14,26H,1-2H3,(H,25,27)/t14-/m1/s1. The predicted molar refractivity (Wildman–Crippen MR) is 123 cm³/mol. The summed E-state index contributed by atoms with van der Waals surface area (Å²) in [5.74, 6) is -0.228. The van der Waals surface area contributed by atoms with E-state index in [4.69, 9.17) is 27.9 Å². The largest absolute Gasteiger partial charge is 0.495 e. The topological polar surface area (TPSA) is 84.5 Å². The van der Waals surface area contributed by atoms with Gasteiger partial charge in [0.15, 0.2) is 0 Å². The lowest BCUT2D eigenvalue weighted by Crippen LogP contribution is -2.27. The molecular formula is C22H20Cl2N2O4S. The SMILES string of the molecule is COc1ccc(S(=O)(=O)N[C@H](C)c2ccccc2)cc1NC(=O)c1ccc(Cl)cc1Cl. The molecule has 0 fully saturated rings. The van der Waals surface area contributed by atoms with E-state index in [0.29, 0.717) is 10.8 Å². The van der Waals surface area contributed by atoms with Crippen LogP contribution < -0.4 is 14.8 Å². The molecule has 9 heteroatoms. The van der Waals surface area contributed by atoms with E-state index in [9.17, 15) is 13.2 Å². The molecule has 3 aromatic rings. The van der Waals surface area contributed by atoms with Crippen LogP contribution in [0, 0.1) is 0 Å². The highest BCUT2D eigenvalue weighted by molar-refractivity contribution is 7.89. The maximum absolute atomic E-state index is 12.9. The van der Waals surface area contributed by atoms with Gasteiger partial charge in [-0.25, -0.2) is 13.1 Å². The summed E-state index contributed by atoms with van der Waals surface area (Å²) in [5, 5.41) is 3.22. The Morgan fingerprint density at radius 1 is 1.00 bits per heavy atom. The normalized spacial score (nSPS) is 12.3. The van der Waals surface area contributed by atoms with E-state index in [1.165, 1.54) is 43.5 Å². The molecule has 0 heterocycles. The molecule has 0 bridgehead atoms. The van der Waals surface area contributed by atoms with Crippen LogP contribution in [0.4, 0.5) is 5.69 Å². The van der Waals surface area contributed by atoms with Crippen LogP contribution in [0.2, 0.25) is 10.0 Å². The van der Waals surface area contributed by atoms with Gasteiger partial charge in [-0.1, -0.05) is 53.5 Å². The monoisotopic (exact) mass is 478 g/mol. The molecule has 0 spiro atoms. The predicted octanol–water partition coefficient (Wildman–Crippen LogP) is 5.29. The van der Waals surface area contributed by atoms with Crippen LogP contribution in [0.1, 0.15) is 28.9 Å². The van der Waals surface area contributed by atoms with E-state index in [2.05, 4.69) is 10.0 Å². The first kappa shape index (κ1) is 23.1. The number of hydrogen-bond acceptors (Lipinski definition) is 4. The van der Waals surface area contributed by atoms with Crippen molar-refractivity contribution in [1.82, 2.24) is 4.72 Å². The minimum absolute atomic E-state index is 0.0198. The molecule has 0 radical (unpaired) electrons. The van der Waals surface area contributed by atoms with Crippen molar-refractivity contribution in [3.05, 3.63) is 87.9 Å². The summed E-state index contributed by atoms with van der Waals surface area (Å²) in [7, 11) is -2.45. The maximum Gasteiger partial charge on any atom is 0.257 e. The molecule has 1 amide bonds. The van der Waals surface area contributed by atoms with Crippen molar-refractivity contribution < 1.29 is 17.9 Å². The van der Waals surface area contributed by atoms with Crippen molar-refractivity contribution in [2.24, 2.45) is 0 Å². The number of hydrogen-bond donors (Lipinski definition) is 2. The summed E-state index contributed by atoms with van der Waals surface area (Å²) in [4.78, 5) is 12.7. The number of halogens is 2. The van der Waals surface area contributed by atoms with Crippen LogP contribution >= 0.6 is 23.2 Å². The fourth-order valence-electron chi connectivity index (χ4n) is 2.93. The number of ether oxygens (including phenoxy) is 1. The molecular weight excluding hydrogens is 459 g/mol. The number of sulfonamides is 1. The Morgan fingerprint density at radius 3 is 2.35 bits per heavy atom. The number of benzene rings is 3. The van der Waals surface area contributed by atoms with Crippen molar-refractivity contribution in [3.63, 3.8) is 0 Å². The van der Waals surface area contributed by atoms with Crippen LogP contribution in [-0.4, -0.2) is 21.4 Å². The summed E-state index contributed by atoms with van der Waals surface area (Å²) >= 11 is 12.0. The van der Waals surface area contributed by atoms with Gasteiger partial charge in [0.2, 0.25) is 10.0 Å². The zero-order chi connectivity index (χ0) is 22.6. The zero-order valence-electron chi connectivity index (χ0n) is 16.7. The van der Waals surface area contributed by atoms with E-state index >= 15 is 0 Å². The number of nitrogens with one attached hydrogen (secondary N) is 2. The highest BCUT2D eigenvalue weighted by Gasteiger charge is 2.21. The lowest BCUT2D eigenvalue weighted by atomic mass is 10.1. The lowest BCUT2D eigenvalue weighted by Gasteiger charge is -2.16. The van der Waals surface area contributed by atoms with Crippen LogP contribution in [0.3, 0.4) is 0 Å². The fourth-order valence-corrected chi connectivity index (χ4v) is 4.68. The average Bonchev–Trinajstić information content (AvgIpc) is 2.74. The van der Waals surface area contributed by atoms with Gasteiger partial charge in [-0.3, -0.25) is 4.79 Å². The lowest BCUT2D eigenvalue weighted by molar-refractivity contribution is 0.102. The van der Waals surface area contributed by atoms with Crippen molar-refractivity contribution in [2.45, 2.75) is 17.9 Å². The number of carbonyl (C=O) groups is 1. The summed E-state index contributed by atoms with van der Waals surface area (Å²) in [6.07, 6.45) is 0.